The highest BCUT2D eigenvalue weighted by atomic mass is 79.9. The molecule has 1 unspecified atom stereocenters. The maximum absolute atomic E-state index is 3.82. The molecule has 3 rings (SSSR count). The monoisotopic (exact) mass is 363 g/mol. The minimum absolute atomic E-state index is 0.524. The van der Waals surface area contributed by atoms with Crippen molar-refractivity contribution >= 4 is 27.3 Å². The highest BCUT2D eigenvalue weighted by Crippen LogP contribution is 2.37. The van der Waals surface area contributed by atoms with Crippen LogP contribution in [0.4, 0.5) is 0 Å². The van der Waals surface area contributed by atoms with Crippen molar-refractivity contribution in [3.63, 3.8) is 0 Å². The molecule has 1 fully saturated rings. The van der Waals surface area contributed by atoms with Crippen molar-refractivity contribution in [1.82, 2.24) is 5.32 Å². The first-order valence-electron chi connectivity index (χ1n) is 7.76. The van der Waals surface area contributed by atoms with Gasteiger partial charge in [0.15, 0.2) is 0 Å². The molecule has 3 heteroatoms. The Morgan fingerprint density at radius 3 is 2.76 bits per heavy atom. The van der Waals surface area contributed by atoms with E-state index in [1.165, 1.54) is 46.2 Å². The smallest absolute Gasteiger partial charge is 0.0446 e. The average Bonchev–Trinajstić information content (AvgIpc) is 3.16. The molecule has 0 bridgehead atoms. The summed E-state index contributed by atoms with van der Waals surface area (Å²) in [4.78, 5) is 1.50. The van der Waals surface area contributed by atoms with E-state index in [0.29, 0.717) is 6.04 Å². The first-order valence-corrected chi connectivity index (χ1v) is 9.43. The largest absolute Gasteiger partial charge is 0.305 e. The van der Waals surface area contributed by atoms with Gasteiger partial charge in [0, 0.05) is 21.9 Å². The summed E-state index contributed by atoms with van der Waals surface area (Å²) in [6.07, 6.45) is 5.53. The van der Waals surface area contributed by atoms with Crippen molar-refractivity contribution in [2.24, 2.45) is 5.92 Å². The van der Waals surface area contributed by atoms with Gasteiger partial charge in [0.25, 0.3) is 0 Å². The summed E-state index contributed by atoms with van der Waals surface area (Å²) in [5.41, 5.74) is 2.68. The Labute approximate surface area is 139 Å². The first kappa shape index (κ1) is 15.3. The molecular formula is C18H22BrNS. The SMILES string of the molecule is Cc1cc(CNC(c2cccs2)C2CCCC2)ccc1Br. The van der Waals surface area contributed by atoms with E-state index in [1.54, 1.807) is 0 Å². The Balaban J connectivity index is 1.71. The summed E-state index contributed by atoms with van der Waals surface area (Å²) < 4.78 is 1.19. The van der Waals surface area contributed by atoms with Gasteiger partial charge in [-0.2, -0.15) is 0 Å². The van der Waals surface area contributed by atoms with E-state index < -0.39 is 0 Å². The fourth-order valence-corrected chi connectivity index (χ4v) is 4.44. The van der Waals surface area contributed by atoms with Crippen LogP contribution in [0.3, 0.4) is 0 Å². The third-order valence-electron chi connectivity index (χ3n) is 4.47. The number of nitrogens with one attached hydrogen (secondary N) is 1. The van der Waals surface area contributed by atoms with Crippen LogP contribution in [0.15, 0.2) is 40.2 Å². The molecular weight excluding hydrogens is 342 g/mol. The van der Waals surface area contributed by atoms with E-state index in [2.05, 4.69) is 63.9 Å². The maximum atomic E-state index is 3.82. The highest BCUT2D eigenvalue weighted by molar-refractivity contribution is 9.10. The van der Waals surface area contributed by atoms with E-state index in [0.717, 1.165) is 12.5 Å². The Morgan fingerprint density at radius 1 is 1.29 bits per heavy atom. The summed E-state index contributed by atoms with van der Waals surface area (Å²) in [6, 6.07) is 11.6. The Bertz CT molecular complexity index is 573. The molecule has 1 N–H and O–H groups in total. The number of benzene rings is 1. The van der Waals surface area contributed by atoms with Gasteiger partial charge in [0.1, 0.15) is 0 Å². The predicted octanol–water partition coefficient (Wildman–Crippen LogP) is 5.84. The van der Waals surface area contributed by atoms with Crippen LogP contribution in [-0.2, 0) is 6.54 Å². The number of thiophene rings is 1. The number of aryl methyl sites for hydroxylation is 1. The lowest BCUT2D eigenvalue weighted by molar-refractivity contribution is 0.371. The fraction of sp³-hybridized carbons (Fsp3) is 0.444. The molecule has 1 aromatic heterocycles. The number of rotatable bonds is 5. The summed E-state index contributed by atoms with van der Waals surface area (Å²) in [6.45, 7) is 3.11. The summed E-state index contributed by atoms with van der Waals surface area (Å²) in [5.74, 6) is 0.806. The van der Waals surface area contributed by atoms with Gasteiger partial charge < -0.3 is 5.32 Å². The Kier molecular flexibility index (Phi) is 5.15. The van der Waals surface area contributed by atoms with Gasteiger partial charge in [0.2, 0.25) is 0 Å². The second-order valence-corrected chi connectivity index (χ2v) is 7.84. The van der Waals surface area contributed by atoms with Gasteiger partial charge in [0.05, 0.1) is 0 Å². The van der Waals surface area contributed by atoms with Gasteiger partial charge in [-0.05, 0) is 54.3 Å². The number of hydrogen-bond acceptors (Lipinski definition) is 2. The molecule has 1 heterocycles. The van der Waals surface area contributed by atoms with Gasteiger partial charge in [-0.3, -0.25) is 0 Å². The quantitative estimate of drug-likeness (QED) is 0.703. The highest BCUT2D eigenvalue weighted by Gasteiger charge is 2.26. The lowest BCUT2D eigenvalue weighted by atomic mass is 9.96. The molecule has 0 amide bonds. The van der Waals surface area contributed by atoms with Crippen molar-refractivity contribution < 1.29 is 0 Å². The van der Waals surface area contributed by atoms with Crippen molar-refractivity contribution in [2.45, 2.75) is 45.2 Å². The predicted molar refractivity (Wildman–Crippen MR) is 94.7 cm³/mol. The van der Waals surface area contributed by atoms with Crippen LogP contribution in [0, 0.1) is 12.8 Å². The van der Waals surface area contributed by atoms with Crippen molar-refractivity contribution in [1.29, 1.82) is 0 Å². The third kappa shape index (κ3) is 3.77. The molecule has 0 spiro atoms. The van der Waals surface area contributed by atoms with Crippen LogP contribution in [-0.4, -0.2) is 0 Å². The van der Waals surface area contributed by atoms with Crippen molar-refractivity contribution in [3.8, 4) is 0 Å². The minimum atomic E-state index is 0.524. The van der Waals surface area contributed by atoms with Crippen LogP contribution in [0.5, 0.6) is 0 Å². The van der Waals surface area contributed by atoms with E-state index >= 15 is 0 Å². The molecule has 0 saturated heterocycles. The molecule has 2 aromatic rings. The molecule has 112 valence electrons. The number of halogens is 1. The van der Waals surface area contributed by atoms with Crippen molar-refractivity contribution in [2.75, 3.05) is 0 Å². The zero-order chi connectivity index (χ0) is 14.7. The van der Waals surface area contributed by atoms with Crippen LogP contribution in [0.1, 0.15) is 47.7 Å². The molecule has 0 aliphatic heterocycles. The molecule has 1 aromatic carbocycles. The zero-order valence-corrected chi connectivity index (χ0v) is 14.8. The van der Waals surface area contributed by atoms with Gasteiger partial charge >= 0.3 is 0 Å². The van der Waals surface area contributed by atoms with Crippen LogP contribution in [0.2, 0.25) is 0 Å². The molecule has 1 atom stereocenters. The topological polar surface area (TPSA) is 12.0 Å². The molecule has 1 nitrogen and oxygen atoms in total. The molecule has 1 aliphatic rings. The van der Waals surface area contributed by atoms with Gasteiger partial charge in [-0.25, -0.2) is 0 Å². The molecule has 0 radical (unpaired) electrons. The van der Waals surface area contributed by atoms with Gasteiger partial charge in [-0.15, -0.1) is 11.3 Å². The molecule has 21 heavy (non-hydrogen) atoms. The van der Waals surface area contributed by atoms with E-state index in [-0.39, 0.29) is 0 Å². The average molecular weight is 364 g/mol. The van der Waals surface area contributed by atoms with E-state index in [4.69, 9.17) is 0 Å². The van der Waals surface area contributed by atoms with Crippen LogP contribution in [0.25, 0.3) is 0 Å². The van der Waals surface area contributed by atoms with E-state index in [1.807, 2.05) is 11.3 Å². The summed E-state index contributed by atoms with van der Waals surface area (Å²) in [5, 5.41) is 6.02. The second kappa shape index (κ2) is 7.08. The minimum Gasteiger partial charge on any atom is -0.305 e. The second-order valence-electron chi connectivity index (χ2n) is 6.00. The van der Waals surface area contributed by atoms with Crippen LogP contribution >= 0.6 is 27.3 Å². The summed E-state index contributed by atoms with van der Waals surface area (Å²) in [7, 11) is 0. The summed E-state index contributed by atoms with van der Waals surface area (Å²) >= 11 is 5.46. The Morgan fingerprint density at radius 2 is 2.10 bits per heavy atom. The third-order valence-corrected chi connectivity index (χ3v) is 6.31. The number of hydrogen-bond donors (Lipinski definition) is 1. The normalized spacial score (nSPS) is 17.2. The maximum Gasteiger partial charge on any atom is 0.0446 e. The van der Waals surface area contributed by atoms with Crippen LogP contribution < -0.4 is 5.32 Å². The van der Waals surface area contributed by atoms with E-state index in [9.17, 15) is 0 Å². The lowest BCUT2D eigenvalue weighted by Gasteiger charge is -2.24. The Hall–Kier alpha value is -0.640. The first-order chi connectivity index (χ1) is 10.2. The zero-order valence-electron chi connectivity index (χ0n) is 12.4. The van der Waals surface area contributed by atoms with Crippen molar-refractivity contribution in [3.05, 3.63) is 56.2 Å². The fourth-order valence-electron chi connectivity index (χ4n) is 3.30. The molecule has 1 aliphatic carbocycles. The van der Waals surface area contributed by atoms with Gasteiger partial charge in [-0.1, -0.05) is 47.0 Å². The standard InChI is InChI=1S/C18H22BrNS/c1-13-11-14(8-9-16(13)19)12-20-18(15-5-2-3-6-15)17-7-4-10-21-17/h4,7-11,15,18,20H,2-3,5-6,12H2,1H3. The lowest BCUT2D eigenvalue weighted by Crippen LogP contribution is -2.26. The molecule has 1 saturated carbocycles.